The van der Waals surface area contributed by atoms with Crippen LogP contribution in [-0.4, -0.2) is 6.61 Å². The maximum atomic E-state index is 5.69. The normalized spacial score (nSPS) is 9.64. The van der Waals surface area contributed by atoms with Gasteiger partial charge < -0.3 is 4.74 Å². The zero-order valence-corrected chi connectivity index (χ0v) is 7.19. The molecule has 2 heteroatoms. The molecule has 0 saturated heterocycles. The molecule has 1 aromatic carbocycles. The summed E-state index contributed by atoms with van der Waals surface area (Å²) in [5.74, 6) is 0.722. The van der Waals surface area contributed by atoms with E-state index in [1.54, 1.807) is 6.07 Å². The lowest BCUT2D eigenvalue weighted by molar-refractivity contribution is 0.317. The fourth-order valence-corrected chi connectivity index (χ4v) is 0.883. The predicted octanol–water partition coefficient (Wildman–Crippen LogP) is 2.93. The Morgan fingerprint density at radius 3 is 3.00 bits per heavy atom. The van der Waals surface area contributed by atoms with E-state index in [2.05, 4.69) is 13.0 Å². The van der Waals surface area contributed by atoms with E-state index in [9.17, 15) is 0 Å². The number of ether oxygens (including phenoxy) is 1. The molecule has 0 N–H and O–H groups in total. The van der Waals surface area contributed by atoms with Gasteiger partial charge in [0.25, 0.3) is 0 Å². The molecule has 0 bridgehead atoms. The quantitative estimate of drug-likeness (QED) is 0.676. The molecule has 0 heterocycles. The Labute approximate surface area is 71.9 Å². The Kier molecular flexibility index (Phi) is 3.24. The van der Waals surface area contributed by atoms with E-state index < -0.39 is 0 Å². The molecule has 0 aliphatic heterocycles. The van der Waals surface area contributed by atoms with E-state index in [4.69, 9.17) is 16.3 Å². The Hall–Kier alpha value is -0.690. The minimum Gasteiger partial charge on any atom is -0.493 e. The third-order valence-electron chi connectivity index (χ3n) is 1.19. The second-order valence-electron chi connectivity index (χ2n) is 2.21. The molecular weight excluding hydrogens is 160 g/mol. The van der Waals surface area contributed by atoms with Crippen LogP contribution in [0.5, 0.6) is 5.75 Å². The average molecular weight is 170 g/mol. The van der Waals surface area contributed by atoms with Crippen LogP contribution in [0.1, 0.15) is 13.3 Å². The molecular formula is C9H10ClO. The summed E-state index contributed by atoms with van der Waals surface area (Å²) in [5.41, 5.74) is 0. The van der Waals surface area contributed by atoms with Crippen LogP contribution in [0.25, 0.3) is 0 Å². The van der Waals surface area contributed by atoms with Crippen molar-refractivity contribution in [3.05, 3.63) is 29.3 Å². The van der Waals surface area contributed by atoms with Crippen molar-refractivity contribution in [2.24, 2.45) is 0 Å². The molecule has 0 aliphatic rings. The lowest BCUT2D eigenvalue weighted by Gasteiger charge is -2.02. The molecule has 1 rings (SSSR count). The number of hydrogen-bond acceptors (Lipinski definition) is 1. The van der Waals surface area contributed by atoms with Crippen molar-refractivity contribution in [2.75, 3.05) is 6.61 Å². The monoisotopic (exact) mass is 169 g/mol. The minimum atomic E-state index is 0.596. The van der Waals surface area contributed by atoms with E-state index >= 15 is 0 Å². The fourth-order valence-electron chi connectivity index (χ4n) is 0.717. The summed E-state index contributed by atoms with van der Waals surface area (Å²) >= 11 is 5.69. The van der Waals surface area contributed by atoms with Crippen LogP contribution in [0, 0.1) is 6.07 Å². The summed E-state index contributed by atoms with van der Waals surface area (Å²) < 4.78 is 5.30. The lowest BCUT2D eigenvalue weighted by Crippen LogP contribution is -1.94. The van der Waals surface area contributed by atoms with E-state index in [-0.39, 0.29) is 0 Å². The highest BCUT2D eigenvalue weighted by Gasteiger charge is 1.92. The molecule has 1 radical (unpaired) electrons. The summed E-state index contributed by atoms with van der Waals surface area (Å²) in [7, 11) is 0. The Morgan fingerprint density at radius 2 is 2.36 bits per heavy atom. The van der Waals surface area contributed by atoms with Gasteiger partial charge in [0.05, 0.1) is 11.6 Å². The Morgan fingerprint density at radius 1 is 1.55 bits per heavy atom. The molecule has 1 aromatic rings. The molecule has 11 heavy (non-hydrogen) atoms. The maximum Gasteiger partial charge on any atom is 0.128 e. The molecule has 0 aliphatic carbocycles. The highest BCUT2D eigenvalue weighted by atomic mass is 35.5. The SMILES string of the molecule is CCCOc1[c]c(Cl)ccc1. The number of hydrogen-bond donors (Lipinski definition) is 0. The zero-order chi connectivity index (χ0) is 8.10. The molecule has 59 valence electrons. The summed E-state index contributed by atoms with van der Waals surface area (Å²) in [6, 6.07) is 8.36. The van der Waals surface area contributed by atoms with E-state index in [0.717, 1.165) is 18.8 Å². The Balaban J connectivity index is 2.56. The topological polar surface area (TPSA) is 9.23 Å². The average Bonchev–Trinajstić information content (AvgIpc) is 2.01. The number of rotatable bonds is 3. The van der Waals surface area contributed by atoms with Gasteiger partial charge in [-0.1, -0.05) is 24.6 Å². The minimum absolute atomic E-state index is 0.596. The molecule has 1 nitrogen and oxygen atoms in total. The first-order chi connectivity index (χ1) is 5.33. The predicted molar refractivity (Wildman–Crippen MR) is 46.1 cm³/mol. The van der Waals surface area contributed by atoms with Crippen molar-refractivity contribution in [3.63, 3.8) is 0 Å². The molecule has 0 atom stereocenters. The van der Waals surface area contributed by atoms with Crippen molar-refractivity contribution in [1.82, 2.24) is 0 Å². The van der Waals surface area contributed by atoms with Gasteiger partial charge in [-0.25, -0.2) is 0 Å². The van der Waals surface area contributed by atoms with Crippen LogP contribution in [0.3, 0.4) is 0 Å². The van der Waals surface area contributed by atoms with Gasteiger partial charge in [-0.3, -0.25) is 0 Å². The zero-order valence-electron chi connectivity index (χ0n) is 6.43. The van der Waals surface area contributed by atoms with Crippen LogP contribution >= 0.6 is 11.6 Å². The first-order valence-corrected chi connectivity index (χ1v) is 4.01. The van der Waals surface area contributed by atoms with Gasteiger partial charge in [-0.15, -0.1) is 0 Å². The fraction of sp³-hybridized carbons (Fsp3) is 0.333. The Bertz CT molecular complexity index is 223. The van der Waals surface area contributed by atoms with Gasteiger partial charge in [0, 0.05) is 6.07 Å². The van der Waals surface area contributed by atoms with Gasteiger partial charge in [-0.2, -0.15) is 0 Å². The van der Waals surface area contributed by atoms with E-state index in [0.29, 0.717) is 5.02 Å². The van der Waals surface area contributed by atoms with E-state index in [1.807, 2.05) is 12.1 Å². The highest BCUT2D eigenvalue weighted by Crippen LogP contribution is 2.15. The first-order valence-electron chi connectivity index (χ1n) is 3.63. The van der Waals surface area contributed by atoms with Crippen LogP contribution in [0.2, 0.25) is 5.02 Å². The highest BCUT2D eigenvalue weighted by molar-refractivity contribution is 6.30. The molecule has 0 fully saturated rings. The van der Waals surface area contributed by atoms with Crippen LogP contribution in [0.4, 0.5) is 0 Å². The second kappa shape index (κ2) is 4.24. The first kappa shape index (κ1) is 8.41. The van der Waals surface area contributed by atoms with Gasteiger partial charge in [-0.05, 0) is 18.6 Å². The third-order valence-corrected chi connectivity index (χ3v) is 1.41. The number of benzene rings is 1. The maximum absolute atomic E-state index is 5.69. The lowest BCUT2D eigenvalue weighted by atomic mass is 10.3. The van der Waals surface area contributed by atoms with Crippen LogP contribution < -0.4 is 4.74 Å². The summed E-state index contributed by atoms with van der Waals surface area (Å²) in [4.78, 5) is 0. The van der Waals surface area contributed by atoms with Crippen LogP contribution in [0.15, 0.2) is 18.2 Å². The molecule has 0 amide bonds. The van der Waals surface area contributed by atoms with Gasteiger partial charge in [0.1, 0.15) is 5.75 Å². The van der Waals surface area contributed by atoms with Crippen molar-refractivity contribution in [2.45, 2.75) is 13.3 Å². The van der Waals surface area contributed by atoms with Crippen molar-refractivity contribution in [3.8, 4) is 5.75 Å². The summed E-state index contributed by atoms with van der Waals surface area (Å²) in [6.45, 7) is 2.78. The molecule has 0 saturated carbocycles. The summed E-state index contributed by atoms with van der Waals surface area (Å²) in [6.07, 6.45) is 1.00. The van der Waals surface area contributed by atoms with Gasteiger partial charge >= 0.3 is 0 Å². The summed E-state index contributed by atoms with van der Waals surface area (Å²) in [5, 5.41) is 0.596. The molecule has 0 aromatic heterocycles. The number of halogens is 1. The van der Waals surface area contributed by atoms with Crippen molar-refractivity contribution >= 4 is 11.6 Å². The van der Waals surface area contributed by atoms with Crippen molar-refractivity contribution in [1.29, 1.82) is 0 Å². The molecule has 0 spiro atoms. The second-order valence-corrected chi connectivity index (χ2v) is 2.62. The van der Waals surface area contributed by atoms with Gasteiger partial charge in [0.2, 0.25) is 0 Å². The smallest absolute Gasteiger partial charge is 0.128 e. The van der Waals surface area contributed by atoms with Crippen LogP contribution in [-0.2, 0) is 0 Å². The third kappa shape index (κ3) is 2.81. The molecule has 0 unspecified atom stereocenters. The van der Waals surface area contributed by atoms with Crippen molar-refractivity contribution < 1.29 is 4.74 Å². The largest absolute Gasteiger partial charge is 0.493 e. The standard InChI is InChI=1S/C9H10ClO/c1-2-6-11-9-5-3-4-8(10)7-9/h3-5H,2,6H2,1H3. The van der Waals surface area contributed by atoms with E-state index in [1.165, 1.54) is 0 Å². The van der Waals surface area contributed by atoms with Gasteiger partial charge in [0.15, 0.2) is 0 Å².